The van der Waals surface area contributed by atoms with Crippen molar-refractivity contribution in [3.05, 3.63) is 35.6 Å². The van der Waals surface area contributed by atoms with E-state index < -0.39 is 6.10 Å². The second-order valence-corrected chi connectivity index (χ2v) is 3.79. The molecule has 1 unspecified atom stereocenters. The van der Waals surface area contributed by atoms with Crippen LogP contribution in [0, 0.1) is 5.82 Å². The number of rotatable bonds is 7. The first-order valence-electron chi connectivity index (χ1n) is 5.76. The summed E-state index contributed by atoms with van der Waals surface area (Å²) in [4.78, 5) is 0. The Hall–Kier alpha value is -0.930. The number of halogens is 1. The standard InChI is InChI=1S/C13H19FO2/c1-2-3-9-16-10-8-13(15)11-6-4-5-7-12(11)14/h4-7,13,15H,2-3,8-10H2,1H3. The third-order valence-corrected chi connectivity index (χ3v) is 2.44. The van der Waals surface area contributed by atoms with Crippen molar-refractivity contribution in [2.24, 2.45) is 0 Å². The molecule has 1 aromatic rings. The summed E-state index contributed by atoms with van der Waals surface area (Å²) in [6.45, 7) is 3.27. The first-order valence-corrected chi connectivity index (χ1v) is 5.76. The molecule has 0 spiro atoms. The quantitative estimate of drug-likeness (QED) is 0.724. The van der Waals surface area contributed by atoms with E-state index >= 15 is 0 Å². The van der Waals surface area contributed by atoms with Crippen LogP contribution < -0.4 is 0 Å². The largest absolute Gasteiger partial charge is 0.388 e. The third-order valence-electron chi connectivity index (χ3n) is 2.44. The van der Waals surface area contributed by atoms with Gasteiger partial charge in [-0.15, -0.1) is 0 Å². The molecule has 0 aliphatic carbocycles. The van der Waals surface area contributed by atoms with E-state index in [2.05, 4.69) is 6.92 Å². The van der Waals surface area contributed by atoms with Crippen LogP contribution in [0.1, 0.15) is 37.9 Å². The number of hydrogen-bond donors (Lipinski definition) is 1. The van der Waals surface area contributed by atoms with Crippen molar-refractivity contribution in [3.63, 3.8) is 0 Å². The summed E-state index contributed by atoms with van der Waals surface area (Å²) in [5, 5.41) is 9.74. The molecule has 0 aliphatic rings. The van der Waals surface area contributed by atoms with Gasteiger partial charge in [0, 0.05) is 25.2 Å². The van der Waals surface area contributed by atoms with E-state index in [0.717, 1.165) is 12.8 Å². The number of unbranched alkanes of at least 4 members (excludes halogenated alkanes) is 1. The molecule has 1 N–H and O–H groups in total. The topological polar surface area (TPSA) is 29.5 Å². The van der Waals surface area contributed by atoms with Crippen LogP contribution in [0.4, 0.5) is 4.39 Å². The number of aliphatic hydroxyl groups is 1. The Kier molecular flexibility index (Phi) is 6.04. The summed E-state index contributed by atoms with van der Waals surface area (Å²) in [5.41, 5.74) is 0.349. The number of benzene rings is 1. The van der Waals surface area contributed by atoms with Gasteiger partial charge in [-0.3, -0.25) is 0 Å². The van der Waals surface area contributed by atoms with E-state index in [1.54, 1.807) is 18.2 Å². The zero-order chi connectivity index (χ0) is 11.8. The van der Waals surface area contributed by atoms with Crippen LogP contribution in [0.2, 0.25) is 0 Å². The molecule has 16 heavy (non-hydrogen) atoms. The number of hydrogen-bond acceptors (Lipinski definition) is 2. The maximum atomic E-state index is 13.3. The molecule has 1 aromatic carbocycles. The molecule has 1 atom stereocenters. The molecule has 0 saturated carbocycles. The second kappa shape index (κ2) is 7.36. The van der Waals surface area contributed by atoms with Gasteiger partial charge in [0.25, 0.3) is 0 Å². The maximum Gasteiger partial charge on any atom is 0.128 e. The van der Waals surface area contributed by atoms with Crippen molar-refractivity contribution in [2.75, 3.05) is 13.2 Å². The minimum atomic E-state index is -0.775. The number of aliphatic hydroxyl groups excluding tert-OH is 1. The smallest absolute Gasteiger partial charge is 0.128 e. The monoisotopic (exact) mass is 226 g/mol. The van der Waals surface area contributed by atoms with Crippen LogP contribution >= 0.6 is 0 Å². The molecular formula is C13H19FO2. The molecule has 2 nitrogen and oxygen atoms in total. The molecule has 0 aliphatic heterocycles. The Balaban J connectivity index is 2.30. The van der Waals surface area contributed by atoms with Crippen LogP contribution in [-0.4, -0.2) is 18.3 Å². The molecule has 0 aromatic heterocycles. The zero-order valence-electron chi connectivity index (χ0n) is 9.66. The van der Waals surface area contributed by atoms with Crippen LogP contribution in [0.15, 0.2) is 24.3 Å². The SMILES string of the molecule is CCCCOCCC(O)c1ccccc1F. The van der Waals surface area contributed by atoms with Crippen LogP contribution in [0.3, 0.4) is 0 Å². The predicted molar refractivity (Wildman–Crippen MR) is 61.7 cm³/mol. The summed E-state index contributed by atoms with van der Waals surface area (Å²) >= 11 is 0. The van der Waals surface area contributed by atoms with Gasteiger partial charge in [0.15, 0.2) is 0 Å². The first kappa shape index (κ1) is 13.1. The van der Waals surface area contributed by atoms with Crippen molar-refractivity contribution < 1.29 is 14.2 Å². The molecule has 0 fully saturated rings. The fourth-order valence-electron chi connectivity index (χ4n) is 1.44. The average Bonchev–Trinajstić information content (AvgIpc) is 2.29. The zero-order valence-corrected chi connectivity index (χ0v) is 9.66. The summed E-state index contributed by atoms with van der Waals surface area (Å²) in [6.07, 6.45) is 1.78. The third kappa shape index (κ3) is 4.29. The number of ether oxygens (including phenoxy) is 1. The van der Waals surface area contributed by atoms with Crippen molar-refractivity contribution in [1.29, 1.82) is 0 Å². The normalized spacial score (nSPS) is 12.7. The molecule has 0 radical (unpaired) electrons. The first-order chi connectivity index (χ1) is 7.75. The van der Waals surface area contributed by atoms with Crippen molar-refractivity contribution in [1.82, 2.24) is 0 Å². The van der Waals surface area contributed by atoms with Gasteiger partial charge in [-0.2, -0.15) is 0 Å². The summed E-state index contributed by atoms with van der Waals surface area (Å²) < 4.78 is 18.6. The lowest BCUT2D eigenvalue weighted by Crippen LogP contribution is -2.05. The highest BCUT2D eigenvalue weighted by molar-refractivity contribution is 5.19. The molecular weight excluding hydrogens is 207 g/mol. The average molecular weight is 226 g/mol. The molecule has 1 rings (SSSR count). The fourth-order valence-corrected chi connectivity index (χ4v) is 1.44. The Morgan fingerprint density at radius 1 is 1.31 bits per heavy atom. The molecule has 3 heteroatoms. The van der Waals surface area contributed by atoms with Crippen LogP contribution in [-0.2, 0) is 4.74 Å². The minimum absolute atomic E-state index is 0.349. The van der Waals surface area contributed by atoms with Gasteiger partial charge in [-0.25, -0.2) is 4.39 Å². The van der Waals surface area contributed by atoms with E-state index in [4.69, 9.17) is 4.74 Å². The van der Waals surface area contributed by atoms with Gasteiger partial charge in [0.1, 0.15) is 5.82 Å². The van der Waals surface area contributed by atoms with E-state index in [0.29, 0.717) is 25.2 Å². The lowest BCUT2D eigenvalue weighted by Gasteiger charge is -2.11. The molecule has 0 bridgehead atoms. The highest BCUT2D eigenvalue weighted by Crippen LogP contribution is 2.19. The van der Waals surface area contributed by atoms with Crippen LogP contribution in [0.5, 0.6) is 0 Å². The maximum absolute atomic E-state index is 13.3. The van der Waals surface area contributed by atoms with Crippen molar-refractivity contribution in [3.8, 4) is 0 Å². The Labute approximate surface area is 96.1 Å². The highest BCUT2D eigenvalue weighted by atomic mass is 19.1. The van der Waals surface area contributed by atoms with E-state index in [-0.39, 0.29) is 5.82 Å². The molecule has 90 valence electrons. The Bertz CT molecular complexity index is 302. The summed E-state index contributed by atoms with van der Waals surface area (Å²) in [6, 6.07) is 6.30. The molecule has 0 amide bonds. The van der Waals surface area contributed by atoms with Gasteiger partial charge < -0.3 is 9.84 Å². The van der Waals surface area contributed by atoms with Crippen molar-refractivity contribution in [2.45, 2.75) is 32.3 Å². The van der Waals surface area contributed by atoms with Crippen LogP contribution in [0.25, 0.3) is 0 Å². The minimum Gasteiger partial charge on any atom is -0.388 e. The molecule has 0 saturated heterocycles. The lowest BCUT2D eigenvalue weighted by molar-refractivity contribution is 0.0790. The van der Waals surface area contributed by atoms with Gasteiger partial charge in [-0.05, 0) is 12.5 Å². The lowest BCUT2D eigenvalue weighted by atomic mass is 10.1. The summed E-state index contributed by atoms with van der Waals surface area (Å²) in [5.74, 6) is -0.358. The van der Waals surface area contributed by atoms with E-state index in [9.17, 15) is 9.50 Å². The highest BCUT2D eigenvalue weighted by Gasteiger charge is 2.11. The van der Waals surface area contributed by atoms with E-state index in [1.165, 1.54) is 6.07 Å². The van der Waals surface area contributed by atoms with Gasteiger partial charge >= 0.3 is 0 Å². The second-order valence-electron chi connectivity index (χ2n) is 3.79. The van der Waals surface area contributed by atoms with E-state index in [1.807, 2.05) is 0 Å². The van der Waals surface area contributed by atoms with Gasteiger partial charge in [0.05, 0.1) is 6.10 Å². The summed E-state index contributed by atoms with van der Waals surface area (Å²) in [7, 11) is 0. The Morgan fingerprint density at radius 2 is 2.06 bits per heavy atom. The molecule has 0 heterocycles. The van der Waals surface area contributed by atoms with Crippen molar-refractivity contribution >= 4 is 0 Å². The fraction of sp³-hybridized carbons (Fsp3) is 0.538. The van der Waals surface area contributed by atoms with Gasteiger partial charge in [-0.1, -0.05) is 31.5 Å². The predicted octanol–water partition coefficient (Wildman–Crippen LogP) is 3.07. The van der Waals surface area contributed by atoms with Gasteiger partial charge in [0.2, 0.25) is 0 Å². The Morgan fingerprint density at radius 3 is 2.75 bits per heavy atom.